The van der Waals surface area contributed by atoms with E-state index in [1.165, 1.54) is 25.7 Å². The minimum Gasteiger partial charge on any atom is -0.390 e. The van der Waals surface area contributed by atoms with Crippen LogP contribution in [0.25, 0.3) is 5.57 Å². The number of unbranched alkanes of at least 4 members (excludes halogenated alkanes) is 1. The Morgan fingerprint density at radius 1 is 1.10 bits per heavy atom. The molecule has 0 aliphatic rings. The number of hydrogen-bond acceptors (Lipinski definition) is 6. The Kier molecular flexibility index (Phi) is 18.6. The molecule has 266 valence electrons. The molecular formula is C39H62N6O3. The molecule has 9 nitrogen and oxygen atoms in total. The van der Waals surface area contributed by atoms with E-state index in [-0.39, 0.29) is 18.4 Å². The fourth-order valence-electron chi connectivity index (χ4n) is 4.22. The van der Waals surface area contributed by atoms with Crippen LogP contribution in [0.3, 0.4) is 0 Å². The summed E-state index contributed by atoms with van der Waals surface area (Å²) in [5.74, 6) is -0.0344. The summed E-state index contributed by atoms with van der Waals surface area (Å²) in [4.78, 5) is 33.3. The number of aliphatic hydroxyl groups excluding tert-OH is 1. The van der Waals surface area contributed by atoms with Gasteiger partial charge in [0.05, 0.1) is 53.5 Å². The first-order valence-electron chi connectivity index (χ1n) is 17.4. The maximum Gasteiger partial charge on any atom is 0.269 e. The van der Waals surface area contributed by atoms with E-state index in [0.29, 0.717) is 47.1 Å². The first kappa shape index (κ1) is 42.2. The van der Waals surface area contributed by atoms with Crippen molar-refractivity contribution in [3.05, 3.63) is 64.8 Å². The van der Waals surface area contributed by atoms with E-state index in [1.807, 2.05) is 27.0 Å². The molecule has 0 saturated carbocycles. The van der Waals surface area contributed by atoms with Crippen LogP contribution in [0.1, 0.15) is 125 Å². The summed E-state index contributed by atoms with van der Waals surface area (Å²) in [5, 5.41) is 19.8. The largest absolute Gasteiger partial charge is 0.390 e. The van der Waals surface area contributed by atoms with Gasteiger partial charge in [-0.05, 0) is 74.8 Å². The standard InChI is InChI=1S/C30H42N6O3.C9H20/c1-9-19(3)11-12-24(28-15-26(18-37)36(8)35-28)13-20(4)21(5)16-31-23(7)30(39)34-27-14-25(17-32-22(27)6)33-29(38)10-2;1-5-7-8-9(3,4)6-2/h11-15,17,19,37H,9-10,16,18H2,1-8H3,(H,33,38)(H,34,39);5-8H2,1-4H3/b12-11-,21-20?,24-13+,31-23?;. The molecule has 0 radical (unpaired) electrons. The van der Waals surface area contributed by atoms with Gasteiger partial charge in [0.25, 0.3) is 5.91 Å². The number of carbonyl (C=O) groups is 2. The zero-order chi connectivity index (χ0) is 36.4. The number of pyridine rings is 1. The van der Waals surface area contributed by atoms with E-state index in [2.05, 4.69) is 85.5 Å². The van der Waals surface area contributed by atoms with Crippen LogP contribution in [0.4, 0.5) is 11.4 Å². The Bertz CT molecular complexity index is 1460. The molecule has 1 atom stereocenters. The second kappa shape index (κ2) is 21.2. The van der Waals surface area contributed by atoms with Crippen molar-refractivity contribution in [2.45, 2.75) is 121 Å². The van der Waals surface area contributed by atoms with Crippen LogP contribution in [-0.4, -0.2) is 43.9 Å². The quantitative estimate of drug-likeness (QED) is 0.122. The number of aliphatic imine (C=N–C) groups is 1. The third kappa shape index (κ3) is 14.9. The monoisotopic (exact) mass is 662 g/mol. The van der Waals surface area contributed by atoms with Crippen LogP contribution in [0.5, 0.6) is 0 Å². The number of carbonyl (C=O) groups excluding carboxylic acids is 2. The highest BCUT2D eigenvalue weighted by Gasteiger charge is 2.13. The number of nitrogens with one attached hydrogen (secondary N) is 2. The lowest BCUT2D eigenvalue weighted by Gasteiger charge is -2.21. The third-order valence-electron chi connectivity index (χ3n) is 8.71. The number of aromatic nitrogens is 3. The topological polar surface area (TPSA) is 122 Å². The van der Waals surface area contributed by atoms with Crippen molar-refractivity contribution in [1.29, 1.82) is 0 Å². The van der Waals surface area contributed by atoms with Crippen LogP contribution in [0.15, 0.2) is 52.7 Å². The molecule has 2 aromatic rings. The smallest absolute Gasteiger partial charge is 0.269 e. The van der Waals surface area contributed by atoms with Crippen molar-refractivity contribution < 1.29 is 14.7 Å². The number of rotatable bonds is 16. The van der Waals surface area contributed by atoms with Crippen LogP contribution in [0.2, 0.25) is 0 Å². The van der Waals surface area contributed by atoms with Gasteiger partial charge in [0.2, 0.25) is 5.91 Å². The molecule has 2 aromatic heterocycles. The summed E-state index contributed by atoms with van der Waals surface area (Å²) < 4.78 is 1.68. The van der Waals surface area contributed by atoms with Crippen LogP contribution < -0.4 is 10.6 Å². The summed E-state index contributed by atoms with van der Waals surface area (Å²) >= 11 is 0. The Morgan fingerprint density at radius 2 is 1.79 bits per heavy atom. The SMILES string of the molecule is CCC(=O)Nc1cnc(C)c(NC(=O)C(C)=NCC(C)=C(C)/C=C(\C=C/C(C)CC)c2cc(CO)n(C)n2)c1.CCCCC(C)(C)CC. The predicted octanol–water partition coefficient (Wildman–Crippen LogP) is 9.00. The lowest BCUT2D eigenvalue weighted by Crippen LogP contribution is -2.22. The molecule has 48 heavy (non-hydrogen) atoms. The molecule has 0 spiro atoms. The normalized spacial score (nSPS) is 13.5. The number of allylic oxidation sites excluding steroid dienone is 5. The fraction of sp³-hybridized carbons (Fsp3) is 0.564. The van der Waals surface area contributed by atoms with Gasteiger partial charge in [0, 0.05) is 19.0 Å². The van der Waals surface area contributed by atoms with Crippen LogP contribution in [0, 0.1) is 18.3 Å². The Hall–Kier alpha value is -3.85. The van der Waals surface area contributed by atoms with Gasteiger partial charge in [-0.1, -0.05) is 86.3 Å². The molecule has 0 bridgehead atoms. The van der Waals surface area contributed by atoms with Gasteiger partial charge in [-0.25, -0.2) is 0 Å². The summed E-state index contributed by atoms with van der Waals surface area (Å²) in [6, 6.07) is 3.58. The number of anilines is 2. The van der Waals surface area contributed by atoms with Crippen molar-refractivity contribution in [2.24, 2.45) is 23.4 Å². The van der Waals surface area contributed by atoms with E-state index >= 15 is 0 Å². The number of nitrogens with zero attached hydrogens (tertiary/aromatic N) is 4. The molecule has 0 aliphatic carbocycles. The van der Waals surface area contributed by atoms with E-state index in [0.717, 1.165) is 34.5 Å². The summed E-state index contributed by atoms with van der Waals surface area (Å²) in [6.07, 6.45) is 14.7. The molecule has 2 amide bonds. The maximum absolute atomic E-state index is 12.8. The van der Waals surface area contributed by atoms with Crippen molar-refractivity contribution in [2.75, 3.05) is 17.2 Å². The highest BCUT2D eigenvalue weighted by molar-refractivity contribution is 6.42. The minimum atomic E-state index is -0.331. The van der Waals surface area contributed by atoms with Gasteiger partial charge in [-0.2, -0.15) is 5.10 Å². The highest BCUT2D eigenvalue weighted by atomic mass is 16.3. The minimum absolute atomic E-state index is 0.0803. The van der Waals surface area contributed by atoms with Gasteiger partial charge in [0.15, 0.2) is 0 Å². The first-order valence-corrected chi connectivity index (χ1v) is 17.4. The molecular weight excluding hydrogens is 600 g/mol. The zero-order valence-electron chi connectivity index (χ0n) is 31.8. The van der Waals surface area contributed by atoms with E-state index in [1.54, 1.807) is 37.7 Å². The van der Waals surface area contributed by atoms with E-state index in [9.17, 15) is 14.7 Å². The number of aliphatic hydroxyl groups is 1. The molecule has 9 heteroatoms. The lowest BCUT2D eigenvalue weighted by atomic mass is 9.85. The van der Waals surface area contributed by atoms with Crippen molar-refractivity contribution in [1.82, 2.24) is 14.8 Å². The molecule has 0 aromatic carbocycles. The number of hydrogen-bond donors (Lipinski definition) is 3. The molecule has 3 N–H and O–H groups in total. The second-order valence-electron chi connectivity index (χ2n) is 13.3. The van der Waals surface area contributed by atoms with Crippen LogP contribution in [-0.2, 0) is 23.2 Å². The average Bonchev–Trinajstić information content (AvgIpc) is 3.45. The fourth-order valence-corrected chi connectivity index (χ4v) is 4.22. The van der Waals surface area contributed by atoms with Crippen LogP contribution >= 0.6 is 0 Å². The predicted molar refractivity (Wildman–Crippen MR) is 202 cm³/mol. The molecule has 2 heterocycles. The van der Waals surface area contributed by atoms with Gasteiger partial charge >= 0.3 is 0 Å². The lowest BCUT2D eigenvalue weighted by molar-refractivity contribution is -0.116. The summed E-state index contributed by atoms with van der Waals surface area (Å²) in [5.41, 5.74) is 7.11. The Balaban J connectivity index is 0.00000112. The van der Waals surface area contributed by atoms with Crippen molar-refractivity contribution >= 4 is 34.5 Å². The van der Waals surface area contributed by atoms with Gasteiger partial charge in [-0.3, -0.25) is 24.2 Å². The maximum atomic E-state index is 12.8. The number of aryl methyl sites for hydroxylation is 2. The third-order valence-corrected chi connectivity index (χ3v) is 8.71. The van der Waals surface area contributed by atoms with Gasteiger partial charge in [-0.15, -0.1) is 0 Å². The number of amides is 2. The van der Waals surface area contributed by atoms with Gasteiger partial charge in [0.1, 0.15) is 0 Å². The van der Waals surface area contributed by atoms with E-state index < -0.39 is 0 Å². The second-order valence-corrected chi connectivity index (χ2v) is 13.3. The molecule has 2 rings (SSSR count). The van der Waals surface area contributed by atoms with Crippen molar-refractivity contribution in [3.8, 4) is 0 Å². The highest BCUT2D eigenvalue weighted by Crippen LogP contribution is 2.26. The molecule has 1 unspecified atom stereocenters. The zero-order valence-corrected chi connectivity index (χ0v) is 31.8. The first-order chi connectivity index (χ1) is 22.6. The van der Waals surface area contributed by atoms with E-state index in [4.69, 9.17) is 0 Å². The Morgan fingerprint density at radius 3 is 2.35 bits per heavy atom. The summed E-state index contributed by atoms with van der Waals surface area (Å²) in [6.45, 7) is 23.0. The molecule has 0 fully saturated rings. The molecule has 0 saturated heterocycles. The molecule has 0 aliphatic heterocycles. The van der Waals surface area contributed by atoms with Crippen molar-refractivity contribution in [3.63, 3.8) is 0 Å². The average molecular weight is 663 g/mol. The summed E-state index contributed by atoms with van der Waals surface area (Å²) in [7, 11) is 1.82. The van der Waals surface area contributed by atoms with Gasteiger partial charge < -0.3 is 15.7 Å². The Labute approximate surface area is 290 Å².